The van der Waals surface area contributed by atoms with Gasteiger partial charge in [-0.1, -0.05) is 30.3 Å². The minimum Gasteiger partial charge on any atom is -0.375 e. The Morgan fingerprint density at radius 1 is 1.45 bits per heavy atom. The highest BCUT2D eigenvalue weighted by molar-refractivity contribution is 5.75. The lowest BCUT2D eigenvalue weighted by Gasteiger charge is -2.37. The number of benzene rings is 1. The van der Waals surface area contributed by atoms with Gasteiger partial charge in [-0.2, -0.15) is 5.26 Å². The molecule has 0 saturated carbocycles. The maximum absolute atomic E-state index is 12.6. The maximum atomic E-state index is 12.6. The van der Waals surface area contributed by atoms with Crippen molar-refractivity contribution in [1.82, 2.24) is 10.2 Å². The predicted molar refractivity (Wildman–Crippen MR) is 84.1 cm³/mol. The summed E-state index contributed by atoms with van der Waals surface area (Å²) >= 11 is 0. The first kappa shape index (κ1) is 16.3. The van der Waals surface area contributed by atoms with E-state index in [0.717, 1.165) is 5.56 Å². The molecule has 1 N–H and O–H groups in total. The summed E-state index contributed by atoms with van der Waals surface area (Å²) in [5.74, 6) is 0. The number of hydrogen-bond donors (Lipinski definition) is 1. The smallest absolute Gasteiger partial charge is 0.318 e. The van der Waals surface area contributed by atoms with Crippen molar-refractivity contribution in [2.75, 3.05) is 13.2 Å². The minimum absolute atomic E-state index is 0.0521. The van der Waals surface area contributed by atoms with Crippen molar-refractivity contribution in [3.63, 3.8) is 0 Å². The molecule has 0 aliphatic carbocycles. The normalized spacial score (nSPS) is 22.7. The van der Waals surface area contributed by atoms with Crippen LogP contribution in [0.5, 0.6) is 0 Å². The molecule has 2 amide bonds. The molecule has 22 heavy (non-hydrogen) atoms. The number of amides is 2. The second kappa shape index (κ2) is 7.81. The number of nitrogens with one attached hydrogen (secondary N) is 1. The van der Waals surface area contributed by atoms with Crippen LogP contribution in [0.2, 0.25) is 0 Å². The van der Waals surface area contributed by atoms with Crippen LogP contribution in [0.25, 0.3) is 0 Å². The van der Waals surface area contributed by atoms with Gasteiger partial charge in [-0.05, 0) is 25.8 Å². The standard InChI is InChI=1S/C17H23N3O2/c1-13-12-22-14(2)11-20(13)17(21)19-16(9-6-10-18)15-7-4-3-5-8-15/h3-5,7-8,13-14,16H,6,9,11-12H2,1-2H3,(H,19,21)/t13-,14-,16-/m1/s1. The second-order valence-electron chi connectivity index (χ2n) is 5.75. The molecule has 0 spiro atoms. The lowest BCUT2D eigenvalue weighted by atomic mass is 10.0. The van der Waals surface area contributed by atoms with Gasteiger partial charge >= 0.3 is 6.03 Å². The molecule has 0 unspecified atom stereocenters. The van der Waals surface area contributed by atoms with E-state index in [0.29, 0.717) is 26.0 Å². The second-order valence-corrected chi connectivity index (χ2v) is 5.75. The molecule has 1 aliphatic rings. The number of carbonyl (C=O) groups is 1. The number of urea groups is 1. The number of morpholine rings is 1. The topological polar surface area (TPSA) is 65.4 Å². The van der Waals surface area contributed by atoms with Crippen LogP contribution in [0.3, 0.4) is 0 Å². The molecule has 0 aromatic heterocycles. The zero-order valence-electron chi connectivity index (χ0n) is 13.2. The Balaban J connectivity index is 2.06. The first-order valence-corrected chi connectivity index (χ1v) is 7.72. The highest BCUT2D eigenvalue weighted by atomic mass is 16.5. The molecule has 0 radical (unpaired) electrons. The van der Waals surface area contributed by atoms with Gasteiger partial charge in [-0.25, -0.2) is 4.79 Å². The SMILES string of the molecule is C[C@@H]1CN(C(=O)N[C@H](CCC#N)c2ccccc2)[C@H](C)CO1. The number of rotatable bonds is 4. The summed E-state index contributed by atoms with van der Waals surface area (Å²) in [5.41, 5.74) is 1.03. The van der Waals surface area contributed by atoms with Gasteiger partial charge in [0.2, 0.25) is 0 Å². The fourth-order valence-electron chi connectivity index (χ4n) is 2.63. The van der Waals surface area contributed by atoms with Crippen molar-refractivity contribution in [3.8, 4) is 6.07 Å². The Bertz CT molecular complexity index is 526. The van der Waals surface area contributed by atoms with Gasteiger partial charge < -0.3 is 15.0 Å². The zero-order chi connectivity index (χ0) is 15.9. The third-order valence-corrected chi connectivity index (χ3v) is 3.91. The molecule has 1 saturated heterocycles. The van der Waals surface area contributed by atoms with Gasteiger partial charge in [-0.3, -0.25) is 0 Å². The fraction of sp³-hybridized carbons (Fsp3) is 0.529. The van der Waals surface area contributed by atoms with Gasteiger partial charge in [0.25, 0.3) is 0 Å². The molecule has 1 aliphatic heterocycles. The Labute approximate surface area is 131 Å². The monoisotopic (exact) mass is 301 g/mol. The van der Waals surface area contributed by atoms with E-state index in [-0.39, 0.29) is 24.2 Å². The third kappa shape index (κ3) is 4.22. The van der Waals surface area contributed by atoms with E-state index in [1.165, 1.54) is 0 Å². The first-order valence-electron chi connectivity index (χ1n) is 7.72. The number of nitrogens with zero attached hydrogens (tertiary/aromatic N) is 2. The number of nitriles is 1. The average Bonchev–Trinajstić information content (AvgIpc) is 2.54. The van der Waals surface area contributed by atoms with Gasteiger partial charge in [-0.15, -0.1) is 0 Å². The van der Waals surface area contributed by atoms with Crippen LogP contribution in [0.15, 0.2) is 30.3 Å². The van der Waals surface area contributed by atoms with E-state index >= 15 is 0 Å². The molecule has 1 heterocycles. The number of ether oxygens (including phenoxy) is 1. The molecule has 2 rings (SSSR count). The highest BCUT2D eigenvalue weighted by Crippen LogP contribution is 2.20. The summed E-state index contributed by atoms with van der Waals surface area (Å²) in [4.78, 5) is 14.4. The van der Waals surface area contributed by atoms with Crippen molar-refractivity contribution < 1.29 is 9.53 Å². The summed E-state index contributed by atoms with van der Waals surface area (Å²) < 4.78 is 5.56. The molecule has 3 atom stereocenters. The van der Waals surface area contributed by atoms with E-state index in [9.17, 15) is 4.79 Å². The van der Waals surface area contributed by atoms with Crippen molar-refractivity contribution in [2.24, 2.45) is 0 Å². The lowest BCUT2D eigenvalue weighted by Crippen LogP contribution is -2.54. The van der Waals surface area contributed by atoms with Gasteiger partial charge in [0, 0.05) is 13.0 Å². The van der Waals surface area contributed by atoms with Crippen LogP contribution in [0.1, 0.15) is 38.3 Å². The first-order chi connectivity index (χ1) is 10.6. The fourth-order valence-corrected chi connectivity index (χ4v) is 2.63. The molecule has 1 fully saturated rings. The molecule has 118 valence electrons. The van der Waals surface area contributed by atoms with Crippen molar-refractivity contribution in [1.29, 1.82) is 5.26 Å². The van der Waals surface area contributed by atoms with Crippen LogP contribution in [-0.4, -0.2) is 36.2 Å². The highest BCUT2D eigenvalue weighted by Gasteiger charge is 2.28. The van der Waals surface area contributed by atoms with Crippen LogP contribution < -0.4 is 5.32 Å². The van der Waals surface area contributed by atoms with Crippen LogP contribution >= 0.6 is 0 Å². The van der Waals surface area contributed by atoms with Crippen LogP contribution in [-0.2, 0) is 4.74 Å². The maximum Gasteiger partial charge on any atom is 0.318 e. The van der Waals surface area contributed by atoms with Crippen molar-refractivity contribution in [2.45, 2.75) is 44.9 Å². The van der Waals surface area contributed by atoms with Crippen molar-refractivity contribution >= 4 is 6.03 Å². The van der Waals surface area contributed by atoms with E-state index in [2.05, 4.69) is 11.4 Å². The molecule has 1 aromatic rings. The summed E-state index contributed by atoms with van der Waals surface area (Å²) in [5, 5.41) is 11.9. The summed E-state index contributed by atoms with van der Waals surface area (Å²) in [6.07, 6.45) is 1.08. The Morgan fingerprint density at radius 2 is 2.18 bits per heavy atom. The van der Waals surface area contributed by atoms with Gasteiger partial charge in [0.05, 0.1) is 30.9 Å². The molecule has 5 nitrogen and oxygen atoms in total. The lowest BCUT2D eigenvalue weighted by molar-refractivity contribution is -0.0321. The van der Waals surface area contributed by atoms with E-state index < -0.39 is 0 Å². The minimum atomic E-state index is -0.140. The molecule has 1 aromatic carbocycles. The zero-order valence-corrected chi connectivity index (χ0v) is 13.2. The van der Waals surface area contributed by atoms with Gasteiger partial charge in [0.1, 0.15) is 0 Å². The largest absolute Gasteiger partial charge is 0.375 e. The molecular weight excluding hydrogens is 278 g/mol. The predicted octanol–water partition coefficient (Wildman–Crippen LogP) is 2.85. The number of hydrogen-bond acceptors (Lipinski definition) is 3. The van der Waals surface area contributed by atoms with Crippen LogP contribution in [0, 0.1) is 11.3 Å². The molecule has 5 heteroatoms. The van der Waals surface area contributed by atoms with Gasteiger partial charge in [0.15, 0.2) is 0 Å². The Kier molecular flexibility index (Phi) is 5.79. The quantitative estimate of drug-likeness (QED) is 0.930. The van der Waals surface area contributed by atoms with E-state index in [4.69, 9.17) is 10.00 Å². The molecular formula is C17H23N3O2. The molecule has 0 bridgehead atoms. The third-order valence-electron chi connectivity index (χ3n) is 3.91. The average molecular weight is 301 g/mol. The summed E-state index contributed by atoms with van der Waals surface area (Å²) in [7, 11) is 0. The summed E-state index contributed by atoms with van der Waals surface area (Å²) in [6, 6.07) is 11.8. The Morgan fingerprint density at radius 3 is 2.86 bits per heavy atom. The van der Waals surface area contributed by atoms with Crippen LogP contribution in [0.4, 0.5) is 4.79 Å². The van der Waals surface area contributed by atoms with E-state index in [1.807, 2.05) is 49.1 Å². The Hall–Kier alpha value is -2.06. The summed E-state index contributed by atoms with van der Waals surface area (Å²) in [6.45, 7) is 5.10. The number of carbonyl (C=O) groups excluding carboxylic acids is 1. The van der Waals surface area contributed by atoms with Crippen molar-refractivity contribution in [3.05, 3.63) is 35.9 Å². The van der Waals surface area contributed by atoms with E-state index in [1.54, 1.807) is 0 Å².